The average molecular weight is 562 g/mol. The van der Waals surface area contributed by atoms with Crippen molar-refractivity contribution in [1.82, 2.24) is 10.6 Å². The van der Waals surface area contributed by atoms with Crippen LogP contribution in [0.3, 0.4) is 0 Å². The summed E-state index contributed by atoms with van der Waals surface area (Å²) in [6, 6.07) is 0. The van der Waals surface area contributed by atoms with Crippen LogP contribution in [0.25, 0.3) is 0 Å². The third-order valence-electron chi connectivity index (χ3n) is 3.39. The largest absolute Gasteiger partial charge is 0.352 e. The summed E-state index contributed by atoms with van der Waals surface area (Å²) in [5, 5.41) is 5.84. The van der Waals surface area contributed by atoms with Crippen molar-refractivity contribution in [2.75, 3.05) is 13.1 Å². The average Bonchev–Trinajstić information content (AvgIpc) is 2.47. The molecule has 4 nitrogen and oxygen atoms in total. The summed E-state index contributed by atoms with van der Waals surface area (Å²) in [6.07, 6.45) is 3.91. The molecule has 2 amide bonds. The highest BCUT2D eigenvalue weighted by molar-refractivity contribution is 9.14. The molecule has 0 aromatic heterocycles. The summed E-state index contributed by atoms with van der Waals surface area (Å²) < 4.78 is 2.23. The lowest BCUT2D eigenvalue weighted by Gasteiger charge is -2.17. The minimum atomic E-state index is -0.177. The zero-order valence-electron chi connectivity index (χ0n) is 11.6. The van der Waals surface area contributed by atoms with Crippen LogP contribution in [0.2, 0.25) is 0 Å². The van der Waals surface area contributed by atoms with Crippen LogP contribution in [-0.4, -0.2) is 24.9 Å². The fraction of sp³-hybridized carbons (Fsp3) is 0.429. The maximum atomic E-state index is 12.4. The summed E-state index contributed by atoms with van der Waals surface area (Å²) in [5.74, 6) is -0.353. The minimum Gasteiger partial charge on any atom is -0.352 e. The van der Waals surface area contributed by atoms with E-state index >= 15 is 0 Å². The Labute approximate surface area is 162 Å². The number of hydrogen-bond donors (Lipinski definition) is 2. The van der Waals surface area contributed by atoms with Gasteiger partial charge in [0.2, 0.25) is 0 Å². The number of nitrogens with one attached hydrogen (secondary N) is 2. The van der Waals surface area contributed by atoms with Gasteiger partial charge in [-0.1, -0.05) is 12.8 Å². The Morgan fingerprint density at radius 2 is 0.909 bits per heavy atom. The molecule has 2 aliphatic heterocycles. The lowest BCUT2D eigenvalue weighted by molar-refractivity contribution is 0.0937. The van der Waals surface area contributed by atoms with Gasteiger partial charge in [-0.15, -0.1) is 0 Å². The summed E-state index contributed by atoms with van der Waals surface area (Å²) in [6.45, 7) is 1.28. The highest BCUT2D eigenvalue weighted by atomic mass is 79.9. The molecule has 1 aromatic rings. The Bertz CT molecular complexity index is 537. The first kappa shape index (κ1) is 18.4. The van der Waals surface area contributed by atoms with Crippen LogP contribution in [0.4, 0.5) is 0 Å². The molecule has 3 rings (SSSR count). The molecule has 0 fully saturated rings. The highest BCUT2D eigenvalue weighted by Crippen LogP contribution is 2.41. The van der Waals surface area contributed by atoms with Crippen LogP contribution >= 0.6 is 63.7 Å². The number of carbonyl (C=O) groups excluding carboxylic acids is 2. The topological polar surface area (TPSA) is 58.2 Å². The first-order valence-corrected chi connectivity index (χ1v) is 10.0. The normalized spacial score (nSPS) is 16.9. The van der Waals surface area contributed by atoms with Crippen molar-refractivity contribution >= 4 is 75.5 Å². The van der Waals surface area contributed by atoms with Gasteiger partial charge < -0.3 is 10.6 Å². The van der Waals surface area contributed by atoms with Crippen LogP contribution in [0.15, 0.2) is 17.9 Å². The molecule has 0 atom stereocenters. The number of rotatable bonds is 0. The van der Waals surface area contributed by atoms with E-state index in [2.05, 4.69) is 74.4 Å². The number of hydrogen-bond acceptors (Lipinski definition) is 2. The summed E-state index contributed by atoms with van der Waals surface area (Å²) in [5.41, 5.74) is 0.930. The van der Waals surface area contributed by atoms with E-state index in [1.165, 1.54) is 0 Å². The summed E-state index contributed by atoms with van der Waals surface area (Å²) >= 11 is 13.7. The van der Waals surface area contributed by atoms with Crippen molar-refractivity contribution in [2.24, 2.45) is 0 Å². The van der Waals surface area contributed by atoms with Gasteiger partial charge in [0.1, 0.15) is 0 Å². The second-order valence-electron chi connectivity index (χ2n) is 4.93. The second-order valence-corrected chi connectivity index (χ2v) is 8.10. The molecular formula is C14H14Br4N2O2. The Morgan fingerprint density at radius 1 is 0.591 bits per heavy atom. The predicted molar refractivity (Wildman–Crippen MR) is 100 cm³/mol. The molecule has 120 valence electrons. The standard InChI is InChI=1S/C14H14Br4N2O2/c15-9-7-10(16)12(18)8(11(9)17)14(22)20-6-4-2-1-3-5-19-13(7)21/h1-6H2,(H,19,21)(H,20,22). The fourth-order valence-corrected chi connectivity index (χ4v) is 5.05. The Balaban J connectivity index is 2.54. The van der Waals surface area contributed by atoms with Gasteiger partial charge in [-0.3, -0.25) is 9.59 Å². The van der Waals surface area contributed by atoms with Gasteiger partial charge in [-0.05, 0) is 76.6 Å². The van der Waals surface area contributed by atoms with Gasteiger partial charge in [-0.2, -0.15) is 0 Å². The lowest BCUT2D eigenvalue weighted by atomic mass is 10.1. The molecule has 0 aliphatic carbocycles. The number of benzene rings is 1. The number of carbonyl (C=O) groups is 2. The number of fused-ring (bicyclic) bond motifs is 11. The van der Waals surface area contributed by atoms with Crippen LogP contribution in [0, 0.1) is 0 Å². The predicted octanol–water partition coefficient (Wildman–Crippen LogP) is 4.77. The lowest BCUT2D eigenvalue weighted by Crippen LogP contribution is -2.28. The van der Waals surface area contributed by atoms with Crippen molar-refractivity contribution in [3.8, 4) is 0 Å². The van der Waals surface area contributed by atoms with E-state index in [-0.39, 0.29) is 11.8 Å². The number of amides is 2. The van der Waals surface area contributed by atoms with E-state index < -0.39 is 0 Å². The molecule has 2 bridgehead atoms. The van der Waals surface area contributed by atoms with E-state index in [0.717, 1.165) is 25.7 Å². The van der Waals surface area contributed by atoms with Gasteiger partial charge in [0.05, 0.1) is 11.1 Å². The Kier molecular flexibility index (Phi) is 6.91. The van der Waals surface area contributed by atoms with Crippen LogP contribution in [0.5, 0.6) is 0 Å². The van der Waals surface area contributed by atoms with Crippen molar-refractivity contribution in [1.29, 1.82) is 0 Å². The zero-order chi connectivity index (χ0) is 16.3. The van der Waals surface area contributed by atoms with Gasteiger partial charge in [0, 0.05) is 31.0 Å². The fourth-order valence-electron chi connectivity index (χ4n) is 2.21. The van der Waals surface area contributed by atoms with Crippen molar-refractivity contribution in [3.63, 3.8) is 0 Å². The number of halogens is 4. The molecule has 0 spiro atoms. The van der Waals surface area contributed by atoms with Gasteiger partial charge in [0.25, 0.3) is 11.8 Å². The van der Waals surface area contributed by atoms with Gasteiger partial charge in [-0.25, -0.2) is 0 Å². The second kappa shape index (κ2) is 8.26. The maximum absolute atomic E-state index is 12.4. The zero-order valence-corrected chi connectivity index (χ0v) is 17.9. The first-order chi connectivity index (χ1) is 10.4. The van der Waals surface area contributed by atoms with E-state index in [1.807, 2.05) is 0 Å². The molecule has 8 heteroatoms. The van der Waals surface area contributed by atoms with Crippen molar-refractivity contribution in [2.45, 2.75) is 25.7 Å². The van der Waals surface area contributed by atoms with E-state index in [0.29, 0.717) is 42.1 Å². The summed E-state index contributed by atoms with van der Waals surface area (Å²) in [7, 11) is 0. The van der Waals surface area contributed by atoms with Gasteiger partial charge >= 0.3 is 0 Å². The molecule has 2 aliphatic rings. The molecule has 22 heavy (non-hydrogen) atoms. The maximum Gasteiger partial charge on any atom is 0.253 e. The monoisotopic (exact) mass is 558 g/mol. The van der Waals surface area contributed by atoms with Crippen LogP contribution in [-0.2, 0) is 0 Å². The molecule has 0 unspecified atom stereocenters. The van der Waals surface area contributed by atoms with Crippen LogP contribution in [0.1, 0.15) is 46.4 Å². The van der Waals surface area contributed by atoms with Gasteiger partial charge in [0.15, 0.2) is 0 Å². The Morgan fingerprint density at radius 3 is 1.23 bits per heavy atom. The minimum absolute atomic E-state index is 0.177. The van der Waals surface area contributed by atoms with E-state index in [9.17, 15) is 9.59 Å². The molecule has 2 N–H and O–H groups in total. The molecular weight excluding hydrogens is 548 g/mol. The van der Waals surface area contributed by atoms with E-state index in [1.54, 1.807) is 0 Å². The van der Waals surface area contributed by atoms with Crippen molar-refractivity contribution < 1.29 is 9.59 Å². The highest BCUT2D eigenvalue weighted by Gasteiger charge is 2.26. The first-order valence-electron chi connectivity index (χ1n) is 6.87. The quantitative estimate of drug-likeness (QED) is 0.449. The van der Waals surface area contributed by atoms with E-state index in [4.69, 9.17) is 0 Å². The summed E-state index contributed by atoms with van der Waals surface area (Å²) in [4.78, 5) is 24.8. The third-order valence-corrected chi connectivity index (χ3v) is 7.63. The Hall–Kier alpha value is 0.0800. The molecule has 0 radical (unpaired) electrons. The molecule has 2 heterocycles. The third kappa shape index (κ3) is 3.94. The molecule has 1 aromatic carbocycles. The molecule has 0 saturated heterocycles. The SMILES string of the molecule is O=C1NCCCCCCNC(=O)c2c(Br)c(Br)c1c(Br)c2Br. The van der Waals surface area contributed by atoms with Crippen molar-refractivity contribution in [3.05, 3.63) is 29.0 Å². The smallest absolute Gasteiger partial charge is 0.253 e. The molecule has 0 saturated carbocycles. The van der Waals surface area contributed by atoms with Crippen LogP contribution < -0.4 is 10.6 Å².